The number of hydrogen-bond donors (Lipinski definition) is 0. The summed E-state index contributed by atoms with van der Waals surface area (Å²) in [6, 6.07) is 7.16. The number of nitrogens with zero attached hydrogens (tertiary/aromatic N) is 2. The molecule has 1 fully saturated rings. The molecule has 0 bridgehead atoms. The third-order valence-corrected chi connectivity index (χ3v) is 4.75. The van der Waals surface area contributed by atoms with Crippen LogP contribution in [0, 0.1) is 5.92 Å². The van der Waals surface area contributed by atoms with Crippen LogP contribution in [0.25, 0.3) is 0 Å². The number of carbonyl (C=O) groups is 2. The standard InChI is InChI=1S/C19H28N2O5/c1-20(9-11-24-2)19(23)15-13-17(22)21(10-12-25-3)18(15)14-7-5-6-8-16(14)26-4/h5-8,15,18H,9-13H2,1-4H3/t15-,18+/m1/s1. The van der Waals surface area contributed by atoms with Crippen LogP contribution < -0.4 is 4.74 Å². The molecule has 1 aromatic rings. The number of rotatable bonds is 9. The van der Waals surface area contributed by atoms with Crippen molar-refractivity contribution in [2.45, 2.75) is 12.5 Å². The van der Waals surface area contributed by atoms with Crippen molar-refractivity contribution in [3.05, 3.63) is 29.8 Å². The maximum Gasteiger partial charge on any atom is 0.228 e. The first kappa shape index (κ1) is 20.2. The minimum absolute atomic E-state index is 0.0450. The van der Waals surface area contributed by atoms with E-state index in [9.17, 15) is 9.59 Å². The Kier molecular flexibility index (Phi) is 7.41. The van der Waals surface area contributed by atoms with Gasteiger partial charge in [0.2, 0.25) is 11.8 Å². The van der Waals surface area contributed by atoms with Gasteiger partial charge in [0.05, 0.1) is 32.3 Å². The quantitative estimate of drug-likeness (QED) is 0.661. The van der Waals surface area contributed by atoms with E-state index >= 15 is 0 Å². The molecule has 0 aliphatic carbocycles. The summed E-state index contributed by atoms with van der Waals surface area (Å²) in [6.45, 7) is 1.79. The van der Waals surface area contributed by atoms with Crippen molar-refractivity contribution >= 4 is 11.8 Å². The van der Waals surface area contributed by atoms with Crippen LogP contribution in [0.5, 0.6) is 5.75 Å². The minimum Gasteiger partial charge on any atom is -0.496 e. The van der Waals surface area contributed by atoms with Gasteiger partial charge in [-0.05, 0) is 6.07 Å². The molecule has 144 valence electrons. The predicted molar refractivity (Wildman–Crippen MR) is 96.9 cm³/mol. The zero-order chi connectivity index (χ0) is 19.1. The third-order valence-electron chi connectivity index (χ3n) is 4.75. The molecule has 0 unspecified atom stereocenters. The monoisotopic (exact) mass is 364 g/mol. The van der Waals surface area contributed by atoms with Crippen molar-refractivity contribution in [3.63, 3.8) is 0 Å². The van der Waals surface area contributed by atoms with Gasteiger partial charge in [0, 0.05) is 46.3 Å². The summed E-state index contributed by atoms with van der Waals surface area (Å²) in [5, 5.41) is 0. The summed E-state index contributed by atoms with van der Waals surface area (Å²) in [7, 11) is 6.53. The molecule has 1 aliphatic heterocycles. The highest BCUT2D eigenvalue weighted by Gasteiger charge is 2.46. The van der Waals surface area contributed by atoms with Crippen LogP contribution in [0.3, 0.4) is 0 Å². The van der Waals surface area contributed by atoms with Crippen LogP contribution in [0.2, 0.25) is 0 Å². The van der Waals surface area contributed by atoms with Crippen LogP contribution in [0.4, 0.5) is 0 Å². The molecule has 0 spiro atoms. The van der Waals surface area contributed by atoms with Crippen LogP contribution >= 0.6 is 0 Å². The molecule has 0 radical (unpaired) electrons. The van der Waals surface area contributed by atoms with Gasteiger partial charge in [-0.1, -0.05) is 18.2 Å². The fourth-order valence-corrected chi connectivity index (χ4v) is 3.38. The van der Waals surface area contributed by atoms with Gasteiger partial charge in [-0.15, -0.1) is 0 Å². The molecule has 0 N–H and O–H groups in total. The van der Waals surface area contributed by atoms with E-state index < -0.39 is 5.92 Å². The molecule has 1 heterocycles. The Balaban J connectivity index is 2.36. The third kappa shape index (κ3) is 4.34. The lowest BCUT2D eigenvalue weighted by Gasteiger charge is -2.31. The van der Waals surface area contributed by atoms with Crippen molar-refractivity contribution in [2.75, 3.05) is 54.7 Å². The first-order valence-corrected chi connectivity index (χ1v) is 8.70. The average Bonchev–Trinajstić information content (AvgIpc) is 2.99. The smallest absolute Gasteiger partial charge is 0.228 e. The molecule has 2 atom stereocenters. The van der Waals surface area contributed by atoms with Gasteiger partial charge in [-0.2, -0.15) is 0 Å². The summed E-state index contributed by atoms with van der Waals surface area (Å²) < 4.78 is 15.7. The zero-order valence-corrected chi connectivity index (χ0v) is 15.9. The van der Waals surface area contributed by atoms with Crippen LogP contribution in [-0.2, 0) is 19.1 Å². The molecule has 2 rings (SSSR count). The Morgan fingerprint density at radius 3 is 2.54 bits per heavy atom. The molecular weight excluding hydrogens is 336 g/mol. The minimum atomic E-state index is -0.461. The van der Waals surface area contributed by atoms with Gasteiger partial charge in [0.15, 0.2) is 0 Å². The van der Waals surface area contributed by atoms with Crippen molar-refractivity contribution in [2.24, 2.45) is 5.92 Å². The average molecular weight is 364 g/mol. The Morgan fingerprint density at radius 1 is 1.19 bits per heavy atom. The molecular formula is C19H28N2O5. The highest BCUT2D eigenvalue weighted by molar-refractivity contribution is 5.90. The van der Waals surface area contributed by atoms with Crippen LogP contribution in [-0.4, -0.2) is 76.3 Å². The SMILES string of the molecule is COCCN(C)C(=O)[C@@H]1CC(=O)N(CCOC)[C@H]1c1ccccc1OC. The number of para-hydroxylation sites is 1. The Labute approximate surface area is 154 Å². The van der Waals surface area contributed by atoms with Gasteiger partial charge < -0.3 is 24.0 Å². The largest absolute Gasteiger partial charge is 0.496 e. The second-order valence-corrected chi connectivity index (χ2v) is 6.33. The predicted octanol–water partition coefficient (Wildman–Crippen LogP) is 1.34. The number of likely N-dealkylation sites (N-methyl/N-ethyl adjacent to an activating group) is 1. The Morgan fingerprint density at radius 2 is 1.88 bits per heavy atom. The first-order valence-electron chi connectivity index (χ1n) is 8.70. The molecule has 2 amide bonds. The molecule has 1 aromatic carbocycles. The summed E-state index contributed by atoms with van der Waals surface area (Å²) in [6.07, 6.45) is 0.183. The van der Waals surface area contributed by atoms with Gasteiger partial charge in [0.25, 0.3) is 0 Å². The summed E-state index contributed by atoms with van der Waals surface area (Å²) in [5.74, 6) is 0.104. The van der Waals surface area contributed by atoms with Crippen molar-refractivity contribution in [1.29, 1.82) is 0 Å². The van der Waals surface area contributed by atoms with E-state index in [1.54, 1.807) is 38.2 Å². The number of ether oxygens (including phenoxy) is 3. The Bertz CT molecular complexity index is 622. The lowest BCUT2D eigenvalue weighted by atomic mass is 9.91. The second kappa shape index (κ2) is 9.54. The van der Waals surface area contributed by atoms with E-state index in [0.717, 1.165) is 5.56 Å². The zero-order valence-electron chi connectivity index (χ0n) is 15.9. The molecule has 0 aromatic heterocycles. The number of hydrogen-bond acceptors (Lipinski definition) is 5. The molecule has 7 nitrogen and oxygen atoms in total. The summed E-state index contributed by atoms with van der Waals surface area (Å²) in [4.78, 5) is 29.0. The van der Waals surface area contributed by atoms with Crippen molar-refractivity contribution < 1.29 is 23.8 Å². The van der Waals surface area contributed by atoms with E-state index in [1.165, 1.54) is 0 Å². The maximum absolute atomic E-state index is 13.0. The maximum atomic E-state index is 13.0. The number of benzene rings is 1. The van der Waals surface area contributed by atoms with Gasteiger partial charge >= 0.3 is 0 Å². The summed E-state index contributed by atoms with van der Waals surface area (Å²) in [5.41, 5.74) is 0.843. The van der Waals surface area contributed by atoms with Gasteiger partial charge in [-0.3, -0.25) is 9.59 Å². The Hall–Kier alpha value is -2.12. The fraction of sp³-hybridized carbons (Fsp3) is 0.579. The molecule has 1 saturated heterocycles. The highest BCUT2D eigenvalue weighted by atomic mass is 16.5. The van der Waals surface area contributed by atoms with E-state index in [1.807, 2.05) is 24.3 Å². The van der Waals surface area contributed by atoms with Crippen LogP contribution in [0.15, 0.2) is 24.3 Å². The van der Waals surface area contributed by atoms with Crippen molar-refractivity contribution in [3.8, 4) is 5.75 Å². The molecule has 26 heavy (non-hydrogen) atoms. The molecule has 7 heteroatoms. The second-order valence-electron chi connectivity index (χ2n) is 6.33. The highest BCUT2D eigenvalue weighted by Crippen LogP contribution is 2.42. The normalized spacial score (nSPS) is 19.7. The van der Waals surface area contributed by atoms with Crippen LogP contribution in [0.1, 0.15) is 18.0 Å². The number of amides is 2. The summed E-state index contributed by atoms with van der Waals surface area (Å²) >= 11 is 0. The first-order chi connectivity index (χ1) is 12.5. The van der Waals surface area contributed by atoms with Gasteiger partial charge in [0.1, 0.15) is 5.75 Å². The number of likely N-dealkylation sites (tertiary alicyclic amines) is 1. The lowest BCUT2D eigenvalue weighted by Crippen LogP contribution is -2.39. The van der Waals surface area contributed by atoms with E-state index in [-0.39, 0.29) is 24.3 Å². The number of methoxy groups -OCH3 is 3. The van der Waals surface area contributed by atoms with Gasteiger partial charge in [-0.25, -0.2) is 0 Å². The van der Waals surface area contributed by atoms with E-state index in [2.05, 4.69) is 0 Å². The topological polar surface area (TPSA) is 68.3 Å². The molecule has 1 aliphatic rings. The number of carbonyl (C=O) groups excluding carboxylic acids is 2. The fourth-order valence-electron chi connectivity index (χ4n) is 3.38. The van der Waals surface area contributed by atoms with E-state index in [0.29, 0.717) is 32.1 Å². The van der Waals surface area contributed by atoms with E-state index in [4.69, 9.17) is 14.2 Å². The molecule has 0 saturated carbocycles. The lowest BCUT2D eigenvalue weighted by molar-refractivity contribution is -0.135. The van der Waals surface area contributed by atoms with Crippen molar-refractivity contribution in [1.82, 2.24) is 9.80 Å².